The molecule has 2 rings (SSSR count). The smallest absolute Gasteiger partial charge is 0.221 e. The van der Waals surface area contributed by atoms with Crippen LogP contribution in [0.15, 0.2) is 0 Å². The SMILES string of the molecule is O=C1CCN(CCC2CCCCN2)CCN1. The van der Waals surface area contributed by atoms with Gasteiger partial charge in [-0.3, -0.25) is 4.79 Å². The number of nitrogens with one attached hydrogen (secondary N) is 2. The Morgan fingerprint density at radius 2 is 2.19 bits per heavy atom. The van der Waals surface area contributed by atoms with Gasteiger partial charge in [-0.2, -0.15) is 0 Å². The van der Waals surface area contributed by atoms with E-state index in [9.17, 15) is 4.79 Å². The lowest BCUT2D eigenvalue weighted by Gasteiger charge is -2.26. The summed E-state index contributed by atoms with van der Waals surface area (Å²) < 4.78 is 0. The number of rotatable bonds is 3. The Kier molecular flexibility index (Phi) is 4.60. The molecule has 92 valence electrons. The van der Waals surface area contributed by atoms with Gasteiger partial charge < -0.3 is 15.5 Å². The molecule has 1 atom stereocenters. The number of hydrogen-bond donors (Lipinski definition) is 2. The Hall–Kier alpha value is -0.610. The topological polar surface area (TPSA) is 44.4 Å². The zero-order valence-electron chi connectivity index (χ0n) is 10.0. The van der Waals surface area contributed by atoms with Crippen LogP contribution in [0.4, 0.5) is 0 Å². The van der Waals surface area contributed by atoms with Crippen LogP contribution in [0, 0.1) is 0 Å². The van der Waals surface area contributed by atoms with Crippen LogP contribution in [0.1, 0.15) is 32.1 Å². The Morgan fingerprint density at radius 3 is 3.00 bits per heavy atom. The molecule has 4 heteroatoms. The third kappa shape index (κ3) is 3.76. The van der Waals surface area contributed by atoms with Gasteiger partial charge in [0, 0.05) is 32.1 Å². The molecule has 1 amide bonds. The maximum atomic E-state index is 11.2. The highest BCUT2D eigenvalue weighted by molar-refractivity contribution is 5.76. The molecule has 0 radical (unpaired) electrons. The van der Waals surface area contributed by atoms with Crippen LogP contribution >= 0.6 is 0 Å². The number of hydrogen-bond acceptors (Lipinski definition) is 3. The molecule has 0 saturated carbocycles. The van der Waals surface area contributed by atoms with Crippen molar-refractivity contribution < 1.29 is 4.79 Å². The summed E-state index contributed by atoms with van der Waals surface area (Å²) >= 11 is 0. The summed E-state index contributed by atoms with van der Waals surface area (Å²) in [6, 6.07) is 0.709. The van der Waals surface area contributed by atoms with Gasteiger partial charge in [-0.15, -0.1) is 0 Å². The first-order chi connectivity index (χ1) is 7.84. The molecule has 2 aliphatic rings. The number of amides is 1. The lowest BCUT2D eigenvalue weighted by atomic mass is 10.0. The zero-order valence-corrected chi connectivity index (χ0v) is 10.0. The quantitative estimate of drug-likeness (QED) is 0.728. The van der Waals surface area contributed by atoms with E-state index < -0.39 is 0 Å². The largest absolute Gasteiger partial charge is 0.355 e. The van der Waals surface area contributed by atoms with Crippen molar-refractivity contribution in [3.63, 3.8) is 0 Å². The Morgan fingerprint density at radius 1 is 1.25 bits per heavy atom. The van der Waals surface area contributed by atoms with Crippen LogP contribution in [0.3, 0.4) is 0 Å². The highest BCUT2D eigenvalue weighted by atomic mass is 16.1. The van der Waals surface area contributed by atoms with Crippen LogP contribution in [0.5, 0.6) is 0 Å². The van der Waals surface area contributed by atoms with Gasteiger partial charge in [0.05, 0.1) is 0 Å². The summed E-state index contributed by atoms with van der Waals surface area (Å²) in [5, 5.41) is 6.49. The van der Waals surface area contributed by atoms with E-state index in [1.807, 2.05) is 0 Å². The van der Waals surface area contributed by atoms with Crippen molar-refractivity contribution in [1.29, 1.82) is 0 Å². The van der Waals surface area contributed by atoms with Gasteiger partial charge in [0.25, 0.3) is 0 Å². The van der Waals surface area contributed by atoms with Gasteiger partial charge in [-0.05, 0) is 32.4 Å². The van der Waals surface area contributed by atoms with Crippen molar-refractivity contribution >= 4 is 5.91 Å². The number of carbonyl (C=O) groups excluding carboxylic acids is 1. The van der Waals surface area contributed by atoms with Crippen molar-refractivity contribution in [1.82, 2.24) is 15.5 Å². The summed E-state index contributed by atoms with van der Waals surface area (Å²) in [4.78, 5) is 13.6. The Bertz CT molecular complexity index is 226. The molecule has 16 heavy (non-hydrogen) atoms. The van der Waals surface area contributed by atoms with E-state index in [1.165, 1.54) is 32.2 Å². The summed E-state index contributed by atoms with van der Waals surface area (Å²) in [7, 11) is 0. The zero-order chi connectivity index (χ0) is 11.2. The molecule has 2 aliphatic heterocycles. The molecule has 2 saturated heterocycles. The van der Waals surface area contributed by atoms with Crippen molar-refractivity contribution in [3.8, 4) is 0 Å². The average molecular weight is 225 g/mol. The third-order valence-electron chi connectivity index (χ3n) is 3.61. The van der Waals surface area contributed by atoms with Crippen molar-refractivity contribution in [3.05, 3.63) is 0 Å². The Balaban J connectivity index is 1.66. The fourth-order valence-electron chi connectivity index (χ4n) is 2.55. The van der Waals surface area contributed by atoms with Crippen LogP contribution < -0.4 is 10.6 Å². The molecule has 4 nitrogen and oxygen atoms in total. The van der Waals surface area contributed by atoms with E-state index in [4.69, 9.17) is 0 Å². The predicted octanol–water partition coefficient (Wildman–Crippen LogP) is 0.341. The molecule has 1 unspecified atom stereocenters. The molecule has 0 spiro atoms. The molecule has 0 bridgehead atoms. The van der Waals surface area contributed by atoms with E-state index in [-0.39, 0.29) is 5.91 Å². The van der Waals surface area contributed by atoms with E-state index in [0.29, 0.717) is 12.5 Å². The van der Waals surface area contributed by atoms with Crippen molar-refractivity contribution in [2.45, 2.75) is 38.1 Å². The maximum absolute atomic E-state index is 11.2. The van der Waals surface area contributed by atoms with Crippen LogP contribution in [0.2, 0.25) is 0 Å². The fraction of sp³-hybridized carbons (Fsp3) is 0.917. The minimum Gasteiger partial charge on any atom is -0.355 e. The molecule has 2 N–H and O–H groups in total. The van der Waals surface area contributed by atoms with Gasteiger partial charge >= 0.3 is 0 Å². The van der Waals surface area contributed by atoms with Crippen LogP contribution in [0.25, 0.3) is 0 Å². The maximum Gasteiger partial charge on any atom is 0.221 e. The lowest BCUT2D eigenvalue weighted by Crippen LogP contribution is -2.38. The fourth-order valence-corrected chi connectivity index (χ4v) is 2.55. The summed E-state index contributed by atoms with van der Waals surface area (Å²) in [5.41, 5.74) is 0. The number of carbonyl (C=O) groups is 1. The number of piperidine rings is 1. The molecule has 0 aromatic carbocycles. The van der Waals surface area contributed by atoms with E-state index in [0.717, 1.165) is 26.2 Å². The van der Waals surface area contributed by atoms with Gasteiger partial charge in [0.1, 0.15) is 0 Å². The first kappa shape index (κ1) is 11.9. The van der Waals surface area contributed by atoms with E-state index in [1.54, 1.807) is 0 Å². The van der Waals surface area contributed by atoms with E-state index >= 15 is 0 Å². The minimum atomic E-state index is 0.207. The second kappa shape index (κ2) is 6.21. The Labute approximate surface area is 97.8 Å². The third-order valence-corrected chi connectivity index (χ3v) is 3.61. The first-order valence-corrected chi connectivity index (χ1v) is 6.57. The minimum absolute atomic E-state index is 0.207. The van der Waals surface area contributed by atoms with Crippen molar-refractivity contribution in [2.24, 2.45) is 0 Å². The van der Waals surface area contributed by atoms with Gasteiger partial charge in [-0.25, -0.2) is 0 Å². The summed E-state index contributed by atoms with van der Waals surface area (Å²) in [5.74, 6) is 0.207. The van der Waals surface area contributed by atoms with Crippen molar-refractivity contribution in [2.75, 3.05) is 32.7 Å². The second-order valence-corrected chi connectivity index (χ2v) is 4.88. The normalized spacial score (nSPS) is 28.5. The van der Waals surface area contributed by atoms with E-state index in [2.05, 4.69) is 15.5 Å². The first-order valence-electron chi connectivity index (χ1n) is 6.57. The molecular weight excluding hydrogens is 202 g/mol. The number of nitrogens with zero attached hydrogens (tertiary/aromatic N) is 1. The predicted molar refractivity (Wildman–Crippen MR) is 64.3 cm³/mol. The molecule has 2 heterocycles. The molecular formula is C12H23N3O. The summed E-state index contributed by atoms with van der Waals surface area (Å²) in [6.45, 7) is 5.07. The highest BCUT2D eigenvalue weighted by Gasteiger charge is 2.16. The monoisotopic (exact) mass is 225 g/mol. The molecule has 0 aromatic rings. The van der Waals surface area contributed by atoms with Gasteiger partial charge in [0.2, 0.25) is 5.91 Å². The molecule has 2 fully saturated rings. The van der Waals surface area contributed by atoms with Gasteiger partial charge in [-0.1, -0.05) is 6.42 Å². The highest BCUT2D eigenvalue weighted by Crippen LogP contribution is 2.11. The van der Waals surface area contributed by atoms with Crippen LogP contribution in [-0.2, 0) is 4.79 Å². The average Bonchev–Trinajstić information content (AvgIpc) is 2.53. The lowest BCUT2D eigenvalue weighted by molar-refractivity contribution is -0.120. The molecule has 0 aromatic heterocycles. The van der Waals surface area contributed by atoms with Gasteiger partial charge in [0.15, 0.2) is 0 Å². The summed E-state index contributed by atoms with van der Waals surface area (Å²) in [6.07, 6.45) is 5.92. The second-order valence-electron chi connectivity index (χ2n) is 4.88. The van der Waals surface area contributed by atoms with Crippen LogP contribution in [-0.4, -0.2) is 49.6 Å². The molecule has 0 aliphatic carbocycles. The standard InChI is InChI=1S/C12H23N3O/c16-12-5-9-15(10-7-14-12)8-4-11-3-1-2-6-13-11/h11,13H,1-10H2,(H,14,16).